The maximum absolute atomic E-state index is 11.7. The molecule has 2 aromatic rings. The first-order valence-corrected chi connectivity index (χ1v) is 6.29. The van der Waals surface area contributed by atoms with Crippen molar-refractivity contribution in [1.29, 1.82) is 0 Å². The van der Waals surface area contributed by atoms with Gasteiger partial charge in [-0.3, -0.25) is 4.57 Å². The lowest BCUT2D eigenvalue weighted by Crippen LogP contribution is -2.18. The van der Waals surface area contributed by atoms with Crippen LogP contribution in [0.5, 0.6) is 0 Å². The van der Waals surface area contributed by atoms with Crippen LogP contribution in [0.2, 0.25) is 0 Å². The largest absolute Gasteiger partial charge is 0.462 e. The minimum Gasteiger partial charge on any atom is -0.462 e. The number of carbonyl (C=O) groups excluding carboxylic acids is 1. The van der Waals surface area contributed by atoms with E-state index in [9.17, 15) is 4.79 Å². The Bertz CT molecular complexity index is 668. The molecule has 0 bridgehead atoms. The molecular weight excluding hydrogens is 278 g/mol. The van der Waals surface area contributed by atoms with Crippen molar-refractivity contribution in [3.63, 3.8) is 0 Å². The Labute approximate surface area is 120 Å². The van der Waals surface area contributed by atoms with Crippen LogP contribution >= 0.6 is 12.2 Å². The van der Waals surface area contributed by atoms with Gasteiger partial charge in [-0.25, -0.2) is 19.7 Å². The summed E-state index contributed by atoms with van der Waals surface area (Å²) in [6, 6.07) is 0. The number of hydrogen-bond donors (Lipinski definition) is 1. The molecule has 0 aliphatic heterocycles. The molecule has 20 heavy (non-hydrogen) atoms. The molecule has 0 radical (unpaired) electrons. The number of hydrogen-bond acceptors (Lipinski definition) is 6. The number of imidazole rings is 1. The van der Waals surface area contributed by atoms with E-state index in [4.69, 9.17) is 22.7 Å². The summed E-state index contributed by atoms with van der Waals surface area (Å²) in [7, 11) is 0. The standard InChI is InChI=1S/C12H13N5O2S/c1-3-19-11(18)8-6-15-12(16-7(8)2)17-5-4-14-10(17)9(13)20/h4-6H,3H2,1-2H3,(H2,13,20). The molecule has 0 aromatic carbocycles. The van der Waals surface area contributed by atoms with Crippen LogP contribution in [0.25, 0.3) is 5.95 Å². The Balaban J connectivity index is 2.41. The Morgan fingerprint density at radius 3 is 2.85 bits per heavy atom. The minimum atomic E-state index is -0.447. The summed E-state index contributed by atoms with van der Waals surface area (Å²) in [6.07, 6.45) is 4.61. The van der Waals surface area contributed by atoms with E-state index in [0.29, 0.717) is 29.6 Å². The summed E-state index contributed by atoms with van der Waals surface area (Å²) in [5.74, 6) is 0.288. The van der Waals surface area contributed by atoms with Crippen LogP contribution in [0.3, 0.4) is 0 Å². The summed E-state index contributed by atoms with van der Waals surface area (Å²) in [6.45, 7) is 3.74. The van der Waals surface area contributed by atoms with E-state index in [1.807, 2.05) is 0 Å². The molecule has 2 aromatic heterocycles. The highest BCUT2D eigenvalue weighted by molar-refractivity contribution is 7.80. The third kappa shape index (κ3) is 2.64. The second-order valence-corrected chi connectivity index (χ2v) is 4.31. The molecule has 8 heteroatoms. The summed E-state index contributed by atoms with van der Waals surface area (Å²) >= 11 is 4.90. The monoisotopic (exact) mass is 291 g/mol. The smallest absolute Gasteiger partial charge is 0.341 e. The van der Waals surface area contributed by atoms with Crippen molar-refractivity contribution in [3.8, 4) is 5.95 Å². The molecule has 0 amide bonds. The van der Waals surface area contributed by atoms with Crippen LogP contribution in [-0.4, -0.2) is 37.1 Å². The van der Waals surface area contributed by atoms with Gasteiger partial charge in [-0.2, -0.15) is 0 Å². The predicted octanol–water partition coefficient (Wildman–Crippen LogP) is 0.782. The number of aromatic nitrogens is 4. The molecule has 0 fully saturated rings. The predicted molar refractivity (Wildman–Crippen MR) is 75.7 cm³/mol. The lowest BCUT2D eigenvalue weighted by molar-refractivity contribution is 0.0524. The van der Waals surface area contributed by atoms with Gasteiger partial charge in [0.15, 0.2) is 5.82 Å². The zero-order valence-corrected chi connectivity index (χ0v) is 11.8. The second-order valence-electron chi connectivity index (χ2n) is 3.87. The highest BCUT2D eigenvalue weighted by Crippen LogP contribution is 2.10. The Morgan fingerprint density at radius 2 is 2.25 bits per heavy atom. The van der Waals surface area contributed by atoms with Gasteiger partial charge in [0.1, 0.15) is 4.99 Å². The molecule has 0 atom stereocenters. The molecule has 0 aliphatic carbocycles. The fourth-order valence-electron chi connectivity index (χ4n) is 1.63. The van der Waals surface area contributed by atoms with Crippen LogP contribution in [0.4, 0.5) is 0 Å². The molecule has 0 unspecified atom stereocenters. The topological polar surface area (TPSA) is 95.9 Å². The number of nitrogens with zero attached hydrogens (tertiary/aromatic N) is 4. The second kappa shape index (κ2) is 5.74. The van der Waals surface area contributed by atoms with E-state index < -0.39 is 5.97 Å². The third-order valence-electron chi connectivity index (χ3n) is 2.54. The Kier molecular flexibility index (Phi) is 4.04. The summed E-state index contributed by atoms with van der Waals surface area (Å²) in [5.41, 5.74) is 6.41. The first-order valence-electron chi connectivity index (χ1n) is 5.89. The first kappa shape index (κ1) is 14.1. The van der Waals surface area contributed by atoms with Gasteiger partial charge in [0.05, 0.1) is 17.9 Å². The Morgan fingerprint density at radius 1 is 1.50 bits per heavy atom. The van der Waals surface area contributed by atoms with Crippen LogP contribution in [0.1, 0.15) is 28.8 Å². The number of rotatable bonds is 4. The van der Waals surface area contributed by atoms with Gasteiger partial charge in [-0.05, 0) is 13.8 Å². The van der Waals surface area contributed by atoms with Gasteiger partial charge in [-0.15, -0.1) is 0 Å². The fraction of sp³-hybridized carbons (Fsp3) is 0.250. The van der Waals surface area contributed by atoms with Crippen molar-refractivity contribution in [1.82, 2.24) is 19.5 Å². The minimum absolute atomic E-state index is 0.144. The zero-order chi connectivity index (χ0) is 14.7. The van der Waals surface area contributed by atoms with Crippen molar-refractivity contribution in [2.75, 3.05) is 6.61 Å². The highest BCUT2D eigenvalue weighted by Gasteiger charge is 2.15. The number of thiocarbonyl (C=S) groups is 1. The number of carbonyl (C=O) groups is 1. The SMILES string of the molecule is CCOC(=O)c1cnc(-n2ccnc2C(N)=S)nc1C. The molecule has 0 aliphatic rings. The number of ether oxygens (including phenoxy) is 1. The van der Waals surface area contributed by atoms with Crippen molar-refractivity contribution < 1.29 is 9.53 Å². The van der Waals surface area contributed by atoms with E-state index in [0.717, 1.165) is 0 Å². The first-order chi connectivity index (χ1) is 9.54. The summed E-state index contributed by atoms with van der Waals surface area (Å²) in [5, 5.41) is 0. The molecular formula is C12H13N5O2S. The average molecular weight is 291 g/mol. The van der Waals surface area contributed by atoms with Gasteiger partial charge >= 0.3 is 5.97 Å². The average Bonchev–Trinajstić information content (AvgIpc) is 2.88. The molecule has 0 saturated carbocycles. The van der Waals surface area contributed by atoms with E-state index in [2.05, 4.69) is 15.0 Å². The summed E-state index contributed by atoms with van der Waals surface area (Å²) < 4.78 is 6.48. The number of nitrogens with two attached hydrogens (primary N) is 1. The van der Waals surface area contributed by atoms with Crippen LogP contribution < -0.4 is 5.73 Å². The van der Waals surface area contributed by atoms with Crippen LogP contribution in [0, 0.1) is 6.92 Å². The maximum atomic E-state index is 11.7. The lowest BCUT2D eigenvalue weighted by atomic mass is 10.2. The van der Waals surface area contributed by atoms with E-state index in [-0.39, 0.29) is 4.99 Å². The highest BCUT2D eigenvalue weighted by atomic mass is 32.1. The Hall–Kier alpha value is -2.35. The van der Waals surface area contributed by atoms with Crippen molar-refractivity contribution in [2.24, 2.45) is 5.73 Å². The maximum Gasteiger partial charge on any atom is 0.341 e. The summed E-state index contributed by atoms with van der Waals surface area (Å²) in [4.78, 5) is 24.2. The van der Waals surface area contributed by atoms with E-state index in [1.54, 1.807) is 30.8 Å². The van der Waals surface area contributed by atoms with Gasteiger partial charge < -0.3 is 10.5 Å². The molecule has 104 valence electrons. The van der Waals surface area contributed by atoms with Gasteiger partial charge in [0, 0.05) is 18.6 Å². The lowest BCUT2D eigenvalue weighted by Gasteiger charge is -2.08. The molecule has 2 heterocycles. The normalized spacial score (nSPS) is 10.3. The molecule has 7 nitrogen and oxygen atoms in total. The van der Waals surface area contributed by atoms with Gasteiger partial charge in [-0.1, -0.05) is 12.2 Å². The third-order valence-corrected chi connectivity index (χ3v) is 2.72. The van der Waals surface area contributed by atoms with Crippen molar-refractivity contribution >= 4 is 23.2 Å². The fourth-order valence-corrected chi connectivity index (χ4v) is 1.78. The van der Waals surface area contributed by atoms with E-state index in [1.165, 1.54) is 6.20 Å². The molecule has 0 spiro atoms. The van der Waals surface area contributed by atoms with Crippen LogP contribution in [0.15, 0.2) is 18.6 Å². The number of aryl methyl sites for hydroxylation is 1. The van der Waals surface area contributed by atoms with Gasteiger partial charge in [0.2, 0.25) is 5.95 Å². The van der Waals surface area contributed by atoms with Crippen molar-refractivity contribution in [2.45, 2.75) is 13.8 Å². The quantitative estimate of drug-likeness (QED) is 0.657. The van der Waals surface area contributed by atoms with E-state index >= 15 is 0 Å². The molecule has 0 saturated heterocycles. The van der Waals surface area contributed by atoms with Crippen LogP contribution in [-0.2, 0) is 4.74 Å². The molecule has 2 N–H and O–H groups in total. The zero-order valence-electron chi connectivity index (χ0n) is 11.0. The van der Waals surface area contributed by atoms with Crippen molar-refractivity contribution in [3.05, 3.63) is 35.7 Å². The van der Waals surface area contributed by atoms with Gasteiger partial charge in [0.25, 0.3) is 0 Å². The number of esters is 1. The molecule has 2 rings (SSSR count).